The molecule has 0 saturated carbocycles. The van der Waals surface area contributed by atoms with Gasteiger partial charge in [0.15, 0.2) is 5.82 Å². The van der Waals surface area contributed by atoms with Gasteiger partial charge in [0, 0.05) is 25.1 Å². The van der Waals surface area contributed by atoms with E-state index in [1.165, 1.54) is 24.8 Å². The van der Waals surface area contributed by atoms with Gasteiger partial charge in [0.25, 0.3) is 0 Å². The zero-order valence-electron chi connectivity index (χ0n) is 17.6. The number of nitrogens with zero attached hydrogens (tertiary/aromatic N) is 6. The molecule has 0 aliphatic carbocycles. The van der Waals surface area contributed by atoms with Crippen molar-refractivity contribution >= 4 is 11.7 Å². The van der Waals surface area contributed by atoms with Crippen LogP contribution < -0.4 is 15.0 Å². The number of hydrogen-bond donors (Lipinski definition) is 1. The Labute approximate surface area is 187 Å². The highest BCUT2D eigenvalue weighted by molar-refractivity contribution is 5.79. The fourth-order valence-corrected chi connectivity index (χ4v) is 3.58. The van der Waals surface area contributed by atoms with Crippen LogP contribution in [0, 0.1) is 5.92 Å². The van der Waals surface area contributed by atoms with E-state index in [4.69, 9.17) is 4.74 Å². The van der Waals surface area contributed by atoms with Crippen LogP contribution in [0.25, 0.3) is 5.82 Å². The van der Waals surface area contributed by atoms with E-state index in [0.717, 1.165) is 18.0 Å². The molecule has 0 atom stereocenters. The number of ether oxygens (including phenoxy) is 1. The Morgan fingerprint density at radius 3 is 2.64 bits per heavy atom. The van der Waals surface area contributed by atoms with E-state index in [1.54, 1.807) is 11.0 Å². The summed E-state index contributed by atoms with van der Waals surface area (Å²) in [6.45, 7) is 1.61. The number of halogens is 3. The Hall–Kier alpha value is -3.70. The highest BCUT2D eigenvalue weighted by atomic mass is 19.4. The second kappa shape index (κ2) is 9.84. The Morgan fingerprint density at radius 2 is 1.91 bits per heavy atom. The number of amides is 1. The number of piperidine rings is 1. The van der Waals surface area contributed by atoms with Crippen LogP contribution in [-0.2, 0) is 11.0 Å². The van der Waals surface area contributed by atoms with Gasteiger partial charge in [-0.1, -0.05) is 6.07 Å². The van der Waals surface area contributed by atoms with Crippen molar-refractivity contribution in [2.24, 2.45) is 5.92 Å². The Balaban J connectivity index is 1.21. The molecular weight excluding hydrogens is 439 g/mol. The van der Waals surface area contributed by atoms with Crippen LogP contribution in [0.1, 0.15) is 18.4 Å². The maximum absolute atomic E-state index is 12.8. The molecule has 174 valence electrons. The van der Waals surface area contributed by atoms with Gasteiger partial charge >= 0.3 is 6.18 Å². The summed E-state index contributed by atoms with van der Waals surface area (Å²) in [6.07, 6.45) is 1.34. The molecule has 1 N–H and O–H groups in total. The molecule has 3 heterocycles. The van der Waals surface area contributed by atoms with Crippen molar-refractivity contribution in [3.63, 3.8) is 0 Å². The van der Waals surface area contributed by atoms with Crippen LogP contribution in [0.15, 0.2) is 49.3 Å². The fourth-order valence-electron chi connectivity index (χ4n) is 3.58. The maximum atomic E-state index is 12.8. The van der Waals surface area contributed by atoms with Gasteiger partial charge in [-0.25, -0.2) is 19.6 Å². The van der Waals surface area contributed by atoms with Crippen molar-refractivity contribution in [1.82, 2.24) is 30.0 Å². The minimum Gasteiger partial charge on any atom is -0.492 e. The lowest BCUT2D eigenvalue weighted by atomic mass is 9.96. The number of aromatic nitrogens is 5. The molecule has 9 nitrogen and oxygen atoms in total. The predicted octanol–water partition coefficient (Wildman–Crippen LogP) is 2.49. The monoisotopic (exact) mass is 461 g/mol. The first-order valence-corrected chi connectivity index (χ1v) is 10.4. The van der Waals surface area contributed by atoms with Crippen molar-refractivity contribution < 1.29 is 22.7 Å². The normalized spacial score (nSPS) is 14.8. The average molecular weight is 461 g/mol. The summed E-state index contributed by atoms with van der Waals surface area (Å²) in [6, 6.07) is 6.49. The number of hydrogen-bond acceptors (Lipinski definition) is 7. The lowest BCUT2D eigenvalue weighted by molar-refractivity contribution is -0.137. The molecule has 3 aromatic rings. The molecular formula is C21H22F3N7O2. The molecule has 1 aliphatic heterocycles. The molecule has 0 spiro atoms. The molecule has 33 heavy (non-hydrogen) atoms. The lowest BCUT2D eigenvalue weighted by Gasteiger charge is -2.32. The first-order valence-electron chi connectivity index (χ1n) is 10.4. The standard InChI is InChI=1S/C21H22F3N7O2/c22-21(23,24)16-2-1-3-17(10-16)33-9-6-26-20(32)15-4-7-30(8-5-15)18-11-19(28-13-27-18)31-14-25-12-29-31/h1-3,10-15H,4-9H2,(H,26,32). The van der Waals surface area contributed by atoms with E-state index < -0.39 is 11.7 Å². The van der Waals surface area contributed by atoms with E-state index in [0.29, 0.717) is 31.7 Å². The van der Waals surface area contributed by atoms with E-state index in [1.807, 2.05) is 6.07 Å². The van der Waals surface area contributed by atoms with Crippen molar-refractivity contribution in [1.29, 1.82) is 0 Å². The summed E-state index contributed by atoms with van der Waals surface area (Å²) in [7, 11) is 0. The van der Waals surface area contributed by atoms with Crippen LogP contribution in [-0.4, -0.2) is 56.9 Å². The molecule has 1 amide bonds. The van der Waals surface area contributed by atoms with Crippen LogP contribution in [0.2, 0.25) is 0 Å². The molecule has 1 aromatic carbocycles. The number of carbonyl (C=O) groups is 1. The minimum atomic E-state index is -4.42. The van der Waals surface area contributed by atoms with E-state index in [2.05, 4.69) is 30.3 Å². The second-order valence-electron chi connectivity index (χ2n) is 7.50. The molecule has 12 heteroatoms. The Bertz CT molecular complexity index is 1070. The SMILES string of the molecule is O=C(NCCOc1cccc(C(F)(F)F)c1)C1CCN(c2cc(-n3cncn3)ncn2)CC1. The zero-order chi connectivity index (χ0) is 23.3. The summed E-state index contributed by atoms with van der Waals surface area (Å²) < 4.78 is 45.2. The molecule has 1 aliphatic rings. The largest absolute Gasteiger partial charge is 0.492 e. The summed E-state index contributed by atoms with van der Waals surface area (Å²) in [5, 5.41) is 6.86. The van der Waals surface area contributed by atoms with Crippen molar-refractivity contribution in [3.8, 4) is 11.6 Å². The Kier molecular flexibility index (Phi) is 6.71. The fraction of sp³-hybridized carbons (Fsp3) is 0.381. The first-order chi connectivity index (χ1) is 15.9. The predicted molar refractivity (Wildman–Crippen MR) is 112 cm³/mol. The van der Waals surface area contributed by atoms with Gasteiger partial charge in [-0.2, -0.15) is 18.3 Å². The van der Waals surface area contributed by atoms with Crippen molar-refractivity contribution in [3.05, 3.63) is 54.9 Å². The topological polar surface area (TPSA) is 98.1 Å². The Morgan fingerprint density at radius 1 is 1.12 bits per heavy atom. The van der Waals surface area contributed by atoms with E-state index in [9.17, 15) is 18.0 Å². The summed E-state index contributed by atoms with van der Waals surface area (Å²) in [5.41, 5.74) is -0.770. The van der Waals surface area contributed by atoms with Crippen LogP contribution in [0.4, 0.5) is 19.0 Å². The first kappa shape index (κ1) is 22.5. The summed E-state index contributed by atoms with van der Waals surface area (Å²) in [5.74, 6) is 1.24. The highest BCUT2D eigenvalue weighted by Crippen LogP contribution is 2.31. The van der Waals surface area contributed by atoms with Gasteiger partial charge < -0.3 is 15.0 Å². The third kappa shape index (κ3) is 5.76. The summed E-state index contributed by atoms with van der Waals surface area (Å²) in [4.78, 5) is 27.0. The quantitative estimate of drug-likeness (QED) is 0.540. The minimum absolute atomic E-state index is 0.0812. The van der Waals surface area contributed by atoms with E-state index in [-0.39, 0.29) is 30.7 Å². The van der Waals surface area contributed by atoms with Crippen LogP contribution >= 0.6 is 0 Å². The maximum Gasteiger partial charge on any atom is 0.416 e. The molecule has 1 fully saturated rings. The van der Waals surface area contributed by atoms with Gasteiger partial charge in [-0.3, -0.25) is 4.79 Å². The smallest absolute Gasteiger partial charge is 0.416 e. The van der Waals surface area contributed by atoms with Gasteiger partial charge in [0.2, 0.25) is 5.91 Å². The molecule has 0 bridgehead atoms. The van der Waals surface area contributed by atoms with Gasteiger partial charge in [0.1, 0.15) is 37.2 Å². The molecule has 0 radical (unpaired) electrons. The molecule has 4 rings (SSSR count). The number of anilines is 1. The van der Waals surface area contributed by atoms with Gasteiger partial charge in [-0.15, -0.1) is 0 Å². The van der Waals surface area contributed by atoms with Gasteiger partial charge in [-0.05, 0) is 31.0 Å². The molecule has 0 unspecified atom stereocenters. The van der Waals surface area contributed by atoms with Crippen LogP contribution in [0.3, 0.4) is 0 Å². The molecule has 1 saturated heterocycles. The number of benzene rings is 1. The third-order valence-corrected chi connectivity index (χ3v) is 5.31. The van der Waals surface area contributed by atoms with Crippen LogP contribution in [0.5, 0.6) is 5.75 Å². The van der Waals surface area contributed by atoms with E-state index >= 15 is 0 Å². The third-order valence-electron chi connectivity index (χ3n) is 5.31. The zero-order valence-corrected chi connectivity index (χ0v) is 17.6. The number of nitrogens with one attached hydrogen (secondary N) is 1. The average Bonchev–Trinajstić information content (AvgIpc) is 3.37. The highest BCUT2D eigenvalue weighted by Gasteiger charge is 2.30. The number of rotatable bonds is 7. The number of alkyl halides is 3. The van der Waals surface area contributed by atoms with Gasteiger partial charge in [0.05, 0.1) is 12.1 Å². The van der Waals surface area contributed by atoms with Crippen molar-refractivity contribution in [2.75, 3.05) is 31.1 Å². The van der Waals surface area contributed by atoms with Crippen molar-refractivity contribution in [2.45, 2.75) is 19.0 Å². The lowest BCUT2D eigenvalue weighted by Crippen LogP contribution is -2.41. The molecule has 2 aromatic heterocycles. The second-order valence-corrected chi connectivity index (χ2v) is 7.50. The summed E-state index contributed by atoms with van der Waals surface area (Å²) >= 11 is 0. The number of carbonyl (C=O) groups excluding carboxylic acids is 1.